The maximum absolute atomic E-state index is 12.9. The minimum absolute atomic E-state index is 0.0783. The summed E-state index contributed by atoms with van der Waals surface area (Å²) in [6.07, 6.45) is 0. The lowest BCUT2D eigenvalue weighted by atomic mass is 10.2. The van der Waals surface area contributed by atoms with Gasteiger partial charge in [0.25, 0.3) is 0 Å². The van der Waals surface area contributed by atoms with Gasteiger partial charge in [0.15, 0.2) is 0 Å². The van der Waals surface area contributed by atoms with Crippen LogP contribution in [-0.2, 0) is 16.6 Å². The van der Waals surface area contributed by atoms with Crippen molar-refractivity contribution in [2.24, 2.45) is 0 Å². The summed E-state index contributed by atoms with van der Waals surface area (Å²) in [5, 5.41) is 9.30. The molecule has 0 spiro atoms. The lowest BCUT2D eigenvalue weighted by molar-refractivity contribution is 0.281. The van der Waals surface area contributed by atoms with Gasteiger partial charge in [-0.2, -0.15) is 16.1 Å². The Balaban J connectivity index is 2.47. The van der Waals surface area contributed by atoms with Crippen molar-refractivity contribution < 1.29 is 13.5 Å². The fraction of sp³-hybridized carbons (Fsp3) is 0.571. The molecule has 2 rings (SSSR count). The van der Waals surface area contributed by atoms with Crippen LogP contribution in [0, 0.1) is 6.92 Å². The predicted octanol–water partition coefficient (Wildman–Crippen LogP) is 2.77. The quantitative estimate of drug-likeness (QED) is 0.857. The van der Waals surface area contributed by atoms with Gasteiger partial charge in [-0.1, -0.05) is 15.9 Å². The maximum Gasteiger partial charge on any atom is 0.243 e. The number of thioether (sulfide) groups is 1. The van der Waals surface area contributed by atoms with Crippen LogP contribution < -0.4 is 0 Å². The predicted molar refractivity (Wildman–Crippen MR) is 90.1 cm³/mol. The lowest BCUT2D eigenvalue weighted by Gasteiger charge is -2.37. The van der Waals surface area contributed by atoms with E-state index in [1.54, 1.807) is 35.1 Å². The third-order valence-corrected chi connectivity index (χ3v) is 7.64. The van der Waals surface area contributed by atoms with Gasteiger partial charge in [-0.25, -0.2) is 8.42 Å². The molecule has 1 N–H and O–H groups in total. The van der Waals surface area contributed by atoms with Gasteiger partial charge in [-0.15, -0.1) is 0 Å². The highest BCUT2D eigenvalue weighted by molar-refractivity contribution is 9.10. The topological polar surface area (TPSA) is 57.6 Å². The molecule has 1 fully saturated rings. The van der Waals surface area contributed by atoms with E-state index in [0.29, 0.717) is 28.7 Å². The van der Waals surface area contributed by atoms with Crippen molar-refractivity contribution in [1.29, 1.82) is 0 Å². The molecule has 0 aliphatic carbocycles. The average Bonchev–Trinajstić information content (AvgIpc) is 2.40. The first-order valence-corrected chi connectivity index (χ1v) is 9.93. The van der Waals surface area contributed by atoms with E-state index >= 15 is 0 Å². The molecule has 118 valence electrons. The van der Waals surface area contributed by atoms with Crippen molar-refractivity contribution in [2.45, 2.75) is 37.0 Å². The number of sulfonamides is 1. The average molecular weight is 394 g/mol. The van der Waals surface area contributed by atoms with Crippen LogP contribution in [0.25, 0.3) is 0 Å². The number of nitrogens with zero attached hydrogens (tertiary/aromatic N) is 1. The summed E-state index contributed by atoms with van der Waals surface area (Å²) in [6.45, 7) is 6.75. The fourth-order valence-corrected chi connectivity index (χ4v) is 6.23. The smallest absolute Gasteiger partial charge is 0.243 e. The summed E-state index contributed by atoms with van der Waals surface area (Å²) in [5.74, 6) is 0.798. The summed E-state index contributed by atoms with van der Waals surface area (Å²) in [6, 6.07) is 3.33. The second-order valence-corrected chi connectivity index (χ2v) is 10.4. The Bertz CT molecular complexity index is 644. The highest BCUT2D eigenvalue weighted by atomic mass is 79.9. The van der Waals surface area contributed by atoms with Crippen molar-refractivity contribution >= 4 is 37.7 Å². The minimum Gasteiger partial charge on any atom is -0.392 e. The van der Waals surface area contributed by atoms with E-state index in [4.69, 9.17) is 0 Å². The van der Waals surface area contributed by atoms with Crippen molar-refractivity contribution in [1.82, 2.24) is 4.31 Å². The monoisotopic (exact) mass is 393 g/mol. The van der Waals surface area contributed by atoms with Crippen LogP contribution in [0.4, 0.5) is 0 Å². The maximum atomic E-state index is 12.9. The molecule has 1 aliphatic heterocycles. The van der Waals surface area contributed by atoms with Crippen LogP contribution in [0.15, 0.2) is 21.5 Å². The second-order valence-electron chi connectivity index (χ2n) is 5.81. The standard InChI is InChI=1S/C14H20BrNO3S2/c1-10-12(15)6-11(8-17)7-13(10)21(18,19)16-4-5-20-14(2,3)9-16/h6-7,17H,4-5,8-9H2,1-3H3. The Morgan fingerprint density at radius 2 is 2.10 bits per heavy atom. The van der Waals surface area contributed by atoms with E-state index in [1.807, 2.05) is 0 Å². The van der Waals surface area contributed by atoms with E-state index < -0.39 is 10.0 Å². The highest BCUT2D eigenvalue weighted by Crippen LogP contribution is 2.34. The molecular formula is C14H20BrNO3S2. The van der Waals surface area contributed by atoms with Gasteiger partial charge in [0.05, 0.1) is 11.5 Å². The summed E-state index contributed by atoms with van der Waals surface area (Å²) in [5.41, 5.74) is 1.28. The molecule has 0 atom stereocenters. The van der Waals surface area contributed by atoms with Crippen LogP contribution in [0.2, 0.25) is 0 Å². The van der Waals surface area contributed by atoms with Crippen LogP contribution in [0.1, 0.15) is 25.0 Å². The molecule has 1 aliphatic rings. The van der Waals surface area contributed by atoms with Gasteiger partial charge in [0, 0.05) is 28.1 Å². The van der Waals surface area contributed by atoms with E-state index in [1.165, 1.54) is 0 Å². The molecule has 0 aromatic heterocycles. The fourth-order valence-electron chi connectivity index (χ4n) is 2.38. The third-order valence-electron chi connectivity index (χ3n) is 3.55. The molecule has 1 heterocycles. The first kappa shape index (κ1) is 17.3. The van der Waals surface area contributed by atoms with E-state index in [2.05, 4.69) is 29.8 Å². The molecule has 0 amide bonds. The number of hydrogen-bond donors (Lipinski definition) is 1. The number of halogens is 1. The van der Waals surface area contributed by atoms with Gasteiger partial charge >= 0.3 is 0 Å². The molecule has 7 heteroatoms. The number of aliphatic hydroxyl groups is 1. The van der Waals surface area contributed by atoms with E-state index in [0.717, 1.165) is 5.75 Å². The summed E-state index contributed by atoms with van der Waals surface area (Å²) >= 11 is 5.17. The van der Waals surface area contributed by atoms with Crippen molar-refractivity contribution in [3.8, 4) is 0 Å². The zero-order valence-electron chi connectivity index (χ0n) is 12.4. The summed E-state index contributed by atoms with van der Waals surface area (Å²) in [7, 11) is -3.54. The van der Waals surface area contributed by atoms with Gasteiger partial charge in [0.2, 0.25) is 10.0 Å². The zero-order chi connectivity index (χ0) is 15.8. The number of hydrogen-bond acceptors (Lipinski definition) is 4. The second kappa shape index (κ2) is 6.20. The molecule has 0 saturated carbocycles. The third kappa shape index (κ3) is 3.64. The van der Waals surface area contributed by atoms with Crippen LogP contribution in [0.5, 0.6) is 0 Å². The highest BCUT2D eigenvalue weighted by Gasteiger charge is 2.35. The van der Waals surface area contributed by atoms with Gasteiger partial charge < -0.3 is 5.11 Å². The van der Waals surface area contributed by atoms with Crippen molar-refractivity contribution in [3.05, 3.63) is 27.7 Å². The van der Waals surface area contributed by atoms with Gasteiger partial charge in [0.1, 0.15) is 0 Å². The van der Waals surface area contributed by atoms with Crippen LogP contribution >= 0.6 is 27.7 Å². The largest absolute Gasteiger partial charge is 0.392 e. The SMILES string of the molecule is Cc1c(Br)cc(CO)cc1S(=O)(=O)N1CCSC(C)(C)C1. The molecule has 1 aromatic carbocycles. The van der Waals surface area contributed by atoms with E-state index in [-0.39, 0.29) is 16.2 Å². The Hall–Kier alpha value is -0.0800. The molecule has 0 unspecified atom stereocenters. The molecule has 4 nitrogen and oxygen atoms in total. The first-order chi connectivity index (χ1) is 9.67. The Kier molecular flexibility index (Phi) is 5.10. The minimum atomic E-state index is -3.54. The lowest BCUT2D eigenvalue weighted by Crippen LogP contribution is -2.46. The Morgan fingerprint density at radius 3 is 2.67 bits per heavy atom. The molecule has 1 saturated heterocycles. The van der Waals surface area contributed by atoms with Gasteiger partial charge in [-0.05, 0) is 44.0 Å². The first-order valence-electron chi connectivity index (χ1n) is 6.71. The number of benzene rings is 1. The Labute approximate surface area is 139 Å². The van der Waals surface area contributed by atoms with Crippen molar-refractivity contribution in [2.75, 3.05) is 18.8 Å². The summed E-state index contributed by atoms with van der Waals surface area (Å²) < 4.78 is 28.0. The summed E-state index contributed by atoms with van der Waals surface area (Å²) in [4.78, 5) is 0.281. The van der Waals surface area contributed by atoms with Crippen LogP contribution in [0.3, 0.4) is 0 Å². The molecule has 0 bridgehead atoms. The molecule has 21 heavy (non-hydrogen) atoms. The molecule has 0 radical (unpaired) electrons. The van der Waals surface area contributed by atoms with E-state index in [9.17, 15) is 13.5 Å². The number of rotatable bonds is 3. The molecular weight excluding hydrogens is 374 g/mol. The van der Waals surface area contributed by atoms with Crippen molar-refractivity contribution in [3.63, 3.8) is 0 Å². The Morgan fingerprint density at radius 1 is 1.43 bits per heavy atom. The molecule has 1 aromatic rings. The normalized spacial score (nSPS) is 19.7. The zero-order valence-corrected chi connectivity index (χ0v) is 15.6. The van der Waals surface area contributed by atoms with Gasteiger partial charge in [-0.3, -0.25) is 0 Å². The number of aliphatic hydroxyl groups excluding tert-OH is 1. The van der Waals surface area contributed by atoms with Crippen LogP contribution in [-0.4, -0.2) is 41.4 Å².